The van der Waals surface area contributed by atoms with Crippen molar-refractivity contribution in [3.05, 3.63) is 0 Å². The van der Waals surface area contributed by atoms with Crippen LogP contribution >= 0.6 is 16.0 Å². The average Bonchev–Trinajstić information content (AvgIpc) is 1.62. The van der Waals surface area contributed by atoms with Crippen molar-refractivity contribution < 1.29 is 29.2 Å². The van der Waals surface area contributed by atoms with Crippen molar-refractivity contribution in [3.63, 3.8) is 0 Å². The molecular weight excluding hydrogens is 182 g/mol. The Morgan fingerprint density at radius 3 is 1.70 bits per heavy atom. The molecule has 0 saturated heterocycles. The van der Waals surface area contributed by atoms with E-state index in [1.54, 1.807) is 0 Å². The van der Waals surface area contributed by atoms with Crippen LogP contribution in [0, 0.1) is 0 Å². The summed E-state index contributed by atoms with van der Waals surface area (Å²) in [6.45, 7) is 0.695. The summed E-state index contributed by atoms with van der Waals surface area (Å²) in [5.74, 6) is 0. The van der Waals surface area contributed by atoms with E-state index in [4.69, 9.17) is 24.7 Å². The minimum absolute atomic E-state index is 0.695. The summed E-state index contributed by atoms with van der Waals surface area (Å²) in [5.41, 5.74) is 0. The van der Waals surface area contributed by atoms with Crippen molar-refractivity contribution in [2.75, 3.05) is 0 Å². The van der Waals surface area contributed by atoms with Crippen molar-refractivity contribution in [1.82, 2.24) is 0 Å². The van der Waals surface area contributed by atoms with Crippen LogP contribution in [0.5, 0.6) is 0 Å². The summed E-state index contributed by atoms with van der Waals surface area (Å²) in [7, 11) is -8.46. The number of rotatable bonds is 2. The molecule has 0 rings (SSSR count). The van der Waals surface area contributed by atoms with Crippen LogP contribution in [0.2, 0.25) is 0 Å². The standard InChI is InChI=1S/C2H10O6P2/c1-2(3,9(4)5)10(6,7)8/h3,6-10H,1H3,(H,4,5). The molecule has 0 aliphatic heterocycles. The summed E-state index contributed by atoms with van der Waals surface area (Å²) in [6.07, 6.45) is 0. The molecule has 0 bridgehead atoms. The number of hydrogen-bond acceptors (Lipinski definition) is 5. The minimum atomic E-state index is -4.91. The molecule has 64 valence electrons. The Morgan fingerprint density at radius 2 is 1.70 bits per heavy atom. The molecule has 0 aromatic heterocycles. The molecule has 10 heavy (non-hydrogen) atoms. The van der Waals surface area contributed by atoms with Gasteiger partial charge in [-0.3, -0.25) is 0 Å². The van der Waals surface area contributed by atoms with Gasteiger partial charge in [0.05, 0.1) is 0 Å². The fourth-order valence-corrected chi connectivity index (χ4v) is 1.29. The second kappa shape index (κ2) is 2.83. The van der Waals surface area contributed by atoms with Crippen molar-refractivity contribution >= 4 is 16.0 Å². The van der Waals surface area contributed by atoms with Gasteiger partial charge in [0, 0.05) is 0 Å². The van der Waals surface area contributed by atoms with Crippen LogP contribution in [-0.2, 0) is 4.57 Å². The van der Waals surface area contributed by atoms with Gasteiger partial charge in [0.15, 0.2) is 0 Å². The van der Waals surface area contributed by atoms with E-state index in [1.807, 2.05) is 0 Å². The van der Waals surface area contributed by atoms with Gasteiger partial charge >= 0.3 is 57.2 Å². The van der Waals surface area contributed by atoms with Crippen molar-refractivity contribution in [2.24, 2.45) is 0 Å². The van der Waals surface area contributed by atoms with Gasteiger partial charge in [-0.25, -0.2) is 0 Å². The molecule has 0 fully saturated rings. The van der Waals surface area contributed by atoms with E-state index in [1.165, 1.54) is 0 Å². The second-order valence-corrected chi connectivity index (χ2v) is 6.34. The first-order valence-corrected chi connectivity index (χ1v) is 5.52. The topological polar surface area (TPSA) is 118 Å². The van der Waals surface area contributed by atoms with Gasteiger partial charge in [-0.05, 0) is 0 Å². The molecule has 0 aliphatic rings. The summed E-state index contributed by atoms with van der Waals surface area (Å²) in [4.78, 5) is 33.4. The quantitative estimate of drug-likeness (QED) is 0.343. The van der Waals surface area contributed by atoms with Gasteiger partial charge in [-0.15, -0.1) is 0 Å². The molecule has 5 N–H and O–H groups in total. The summed E-state index contributed by atoms with van der Waals surface area (Å²) in [5, 5.41) is 6.07. The van der Waals surface area contributed by atoms with Crippen LogP contribution in [0.4, 0.5) is 0 Å². The summed E-state index contributed by atoms with van der Waals surface area (Å²) < 4.78 is 10.2. The average molecular weight is 192 g/mol. The third-order valence-corrected chi connectivity index (χ3v) is 4.86. The van der Waals surface area contributed by atoms with Crippen LogP contribution in [0.25, 0.3) is 0 Å². The van der Waals surface area contributed by atoms with Crippen LogP contribution in [0.1, 0.15) is 6.92 Å². The van der Waals surface area contributed by atoms with Gasteiger partial charge in [-0.2, -0.15) is 0 Å². The van der Waals surface area contributed by atoms with E-state index in [9.17, 15) is 4.57 Å². The van der Waals surface area contributed by atoms with Crippen molar-refractivity contribution in [3.8, 4) is 0 Å². The predicted octanol–water partition coefficient (Wildman–Crippen LogP) is -1.41. The predicted molar refractivity (Wildman–Crippen MR) is 36.8 cm³/mol. The molecule has 0 aromatic rings. The molecule has 0 aliphatic carbocycles. The van der Waals surface area contributed by atoms with Gasteiger partial charge in [0.2, 0.25) is 0 Å². The van der Waals surface area contributed by atoms with Gasteiger partial charge in [-0.1, -0.05) is 0 Å². The molecule has 0 heterocycles. The van der Waals surface area contributed by atoms with Gasteiger partial charge in [0.25, 0.3) is 0 Å². The zero-order valence-electron chi connectivity index (χ0n) is 5.14. The molecule has 0 amide bonds. The Balaban J connectivity index is 4.57. The molecular formula is C2H10O6P2. The summed E-state index contributed by atoms with van der Waals surface area (Å²) >= 11 is 0. The maximum absolute atomic E-state index is 10.2. The molecule has 0 saturated carbocycles. The Morgan fingerprint density at radius 1 is 1.40 bits per heavy atom. The molecule has 6 nitrogen and oxygen atoms in total. The Kier molecular flexibility index (Phi) is 2.96. The van der Waals surface area contributed by atoms with Crippen LogP contribution in [-0.4, -0.2) is 29.8 Å². The number of hydrogen-bond donors (Lipinski definition) is 5. The molecule has 0 spiro atoms. The van der Waals surface area contributed by atoms with E-state index < -0.39 is 21.1 Å². The summed E-state index contributed by atoms with van der Waals surface area (Å²) in [6, 6.07) is 0. The Bertz CT molecular complexity index is 146. The second-order valence-electron chi connectivity index (χ2n) is 2.01. The maximum atomic E-state index is 10.2. The fraction of sp³-hybridized carbons (Fsp3) is 1.00. The third kappa shape index (κ3) is 1.97. The first-order chi connectivity index (χ1) is 4.19. The molecule has 0 radical (unpaired) electrons. The van der Waals surface area contributed by atoms with Crippen LogP contribution < -0.4 is 0 Å². The van der Waals surface area contributed by atoms with E-state index in [0.717, 1.165) is 0 Å². The third-order valence-electron chi connectivity index (χ3n) is 1.07. The van der Waals surface area contributed by atoms with Crippen molar-refractivity contribution in [1.29, 1.82) is 0 Å². The first kappa shape index (κ1) is 10.5. The molecule has 0 aromatic carbocycles. The van der Waals surface area contributed by atoms with E-state index in [-0.39, 0.29) is 0 Å². The normalized spacial score (nSPS) is 23.4. The van der Waals surface area contributed by atoms with E-state index in [0.29, 0.717) is 6.92 Å². The fourth-order valence-electron chi connectivity index (χ4n) is 0.143. The van der Waals surface area contributed by atoms with E-state index in [2.05, 4.69) is 0 Å². The zero-order valence-corrected chi connectivity index (χ0v) is 7.14. The van der Waals surface area contributed by atoms with Gasteiger partial charge < -0.3 is 0 Å². The molecule has 8 heteroatoms. The zero-order chi connectivity index (χ0) is 8.58. The van der Waals surface area contributed by atoms with Crippen molar-refractivity contribution in [2.45, 2.75) is 12.0 Å². The first-order valence-electron chi connectivity index (χ1n) is 2.32. The van der Waals surface area contributed by atoms with Gasteiger partial charge in [0.1, 0.15) is 0 Å². The van der Waals surface area contributed by atoms with Crippen LogP contribution in [0.3, 0.4) is 0 Å². The monoisotopic (exact) mass is 192 g/mol. The molecule has 2 atom stereocenters. The van der Waals surface area contributed by atoms with E-state index >= 15 is 0 Å². The SMILES string of the molecule is CC(O)([PH](=O)O)[PH](O)(O)O. The molecule has 2 unspecified atom stereocenters. The Hall–Kier alpha value is 0.460. The number of aliphatic hydroxyl groups is 1. The van der Waals surface area contributed by atoms with Crippen LogP contribution in [0.15, 0.2) is 0 Å². The Labute approximate surface area is 58.2 Å².